The topological polar surface area (TPSA) is 46.6 Å². The van der Waals surface area contributed by atoms with Gasteiger partial charge in [0.15, 0.2) is 0 Å². The molecule has 0 spiro atoms. The Morgan fingerprint density at radius 3 is 2.52 bits per heavy atom. The van der Waals surface area contributed by atoms with Crippen molar-refractivity contribution < 1.29 is 14.3 Å². The molecule has 1 saturated carbocycles. The summed E-state index contributed by atoms with van der Waals surface area (Å²) in [7, 11) is 0. The maximum absolute atomic E-state index is 13.3. The molecule has 2 aliphatic rings. The molecule has 0 N–H and O–H groups in total. The van der Waals surface area contributed by atoms with Gasteiger partial charge in [-0.05, 0) is 45.1 Å². The highest BCUT2D eigenvalue weighted by Gasteiger charge is 2.44. The van der Waals surface area contributed by atoms with Gasteiger partial charge in [0, 0.05) is 11.7 Å². The molecular formula is C22H31NO3S. The number of amides is 1. The molecule has 0 bridgehead atoms. The summed E-state index contributed by atoms with van der Waals surface area (Å²) in [5.41, 5.74) is 1.27. The van der Waals surface area contributed by atoms with E-state index in [4.69, 9.17) is 4.74 Å². The minimum atomic E-state index is -0.437. The minimum Gasteiger partial charge on any atom is -0.461 e. The summed E-state index contributed by atoms with van der Waals surface area (Å²) in [6.07, 6.45) is 7.00. The van der Waals surface area contributed by atoms with Crippen LogP contribution >= 0.6 is 11.8 Å². The molecule has 1 aromatic rings. The molecule has 1 heterocycles. The number of carbonyl (C=O) groups is 2. The van der Waals surface area contributed by atoms with Crippen molar-refractivity contribution in [1.82, 2.24) is 4.90 Å². The zero-order chi connectivity index (χ0) is 19.2. The molecule has 1 aliphatic carbocycles. The van der Waals surface area contributed by atoms with Crippen LogP contribution in [0.5, 0.6) is 0 Å². The van der Waals surface area contributed by atoms with Gasteiger partial charge in [-0.3, -0.25) is 4.79 Å². The third-order valence-electron chi connectivity index (χ3n) is 5.45. The van der Waals surface area contributed by atoms with E-state index in [1.165, 1.54) is 12.0 Å². The fourth-order valence-electron chi connectivity index (χ4n) is 4.07. The fraction of sp³-hybridized carbons (Fsp3) is 0.636. The number of nitrogens with zero attached hydrogens (tertiary/aromatic N) is 1. The third kappa shape index (κ3) is 5.28. The van der Waals surface area contributed by atoms with Gasteiger partial charge in [-0.25, -0.2) is 4.79 Å². The summed E-state index contributed by atoms with van der Waals surface area (Å²) >= 11 is 1.73. The quantitative estimate of drug-likeness (QED) is 0.676. The Hall–Kier alpha value is -1.49. The highest BCUT2D eigenvalue weighted by Crippen LogP contribution is 2.36. The van der Waals surface area contributed by atoms with E-state index in [9.17, 15) is 9.59 Å². The number of aryl methyl sites for hydroxylation is 1. The van der Waals surface area contributed by atoms with Gasteiger partial charge in [-0.1, -0.05) is 49.6 Å². The van der Waals surface area contributed by atoms with E-state index in [2.05, 4.69) is 12.1 Å². The van der Waals surface area contributed by atoms with Gasteiger partial charge in [0.2, 0.25) is 5.91 Å². The van der Waals surface area contributed by atoms with Crippen molar-refractivity contribution in [2.45, 2.75) is 76.3 Å². The first-order valence-corrected chi connectivity index (χ1v) is 11.3. The first-order chi connectivity index (χ1) is 13.1. The van der Waals surface area contributed by atoms with Crippen LogP contribution in [0.4, 0.5) is 0 Å². The van der Waals surface area contributed by atoms with Crippen LogP contribution in [-0.4, -0.2) is 40.0 Å². The van der Waals surface area contributed by atoms with Crippen molar-refractivity contribution in [2.75, 3.05) is 5.75 Å². The number of benzene rings is 1. The molecule has 0 radical (unpaired) electrons. The Labute approximate surface area is 167 Å². The molecular weight excluding hydrogens is 358 g/mol. The second kappa shape index (κ2) is 9.63. The molecule has 2 fully saturated rings. The summed E-state index contributed by atoms with van der Waals surface area (Å²) in [6.45, 7) is 3.72. The number of ether oxygens (including phenoxy) is 1. The lowest BCUT2D eigenvalue weighted by molar-refractivity contribution is -0.158. The summed E-state index contributed by atoms with van der Waals surface area (Å²) in [5, 5.41) is 0.0596. The van der Waals surface area contributed by atoms with Crippen LogP contribution in [0.3, 0.4) is 0 Å². The third-order valence-corrected chi connectivity index (χ3v) is 6.80. The van der Waals surface area contributed by atoms with Crippen LogP contribution in [-0.2, 0) is 20.7 Å². The Morgan fingerprint density at radius 1 is 1.15 bits per heavy atom. The number of thioether (sulfide) groups is 1. The number of rotatable bonds is 6. The van der Waals surface area contributed by atoms with Gasteiger partial charge in [0.1, 0.15) is 6.04 Å². The molecule has 148 valence electrons. The average Bonchev–Trinajstić information content (AvgIpc) is 3.11. The van der Waals surface area contributed by atoms with Crippen molar-refractivity contribution >= 4 is 23.6 Å². The molecule has 4 nitrogen and oxygen atoms in total. The molecule has 1 amide bonds. The van der Waals surface area contributed by atoms with E-state index in [0.29, 0.717) is 5.75 Å². The number of carbonyl (C=O) groups excluding carboxylic acids is 2. The lowest BCUT2D eigenvalue weighted by atomic mass is 9.88. The number of hydrogen-bond donors (Lipinski definition) is 0. The minimum absolute atomic E-state index is 0.0596. The second-order valence-corrected chi connectivity index (χ2v) is 9.10. The van der Waals surface area contributed by atoms with E-state index in [-0.39, 0.29) is 29.3 Å². The van der Waals surface area contributed by atoms with E-state index in [0.717, 1.165) is 38.5 Å². The lowest BCUT2D eigenvalue weighted by Gasteiger charge is -2.33. The van der Waals surface area contributed by atoms with Gasteiger partial charge < -0.3 is 9.64 Å². The second-order valence-electron chi connectivity index (χ2n) is 7.89. The highest BCUT2D eigenvalue weighted by molar-refractivity contribution is 8.00. The number of esters is 1. The Balaban J connectivity index is 1.72. The summed E-state index contributed by atoms with van der Waals surface area (Å²) in [5.74, 6) is 0.641. The van der Waals surface area contributed by atoms with Gasteiger partial charge in [0.05, 0.1) is 11.5 Å². The highest BCUT2D eigenvalue weighted by atomic mass is 32.2. The van der Waals surface area contributed by atoms with Gasteiger partial charge in [-0.2, -0.15) is 0 Å². The molecule has 1 aliphatic heterocycles. The van der Waals surface area contributed by atoms with Crippen molar-refractivity contribution in [1.29, 1.82) is 0 Å². The first kappa shape index (κ1) is 20.2. The van der Waals surface area contributed by atoms with E-state index in [1.54, 1.807) is 11.8 Å². The van der Waals surface area contributed by atoms with Crippen LogP contribution in [0.1, 0.15) is 57.9 Å². The summed E-state index contributed by atoms with van der Waals surface area (Å²) < 4.78 is 5.47. The molecule has 27 heavy (non-hydrogen) atoms. The molecule has 3 rings (SSSR count). The molecule has 0 aromatic heterocycles. The zero-order valence-electron chi connectivity index (χ0n) is 16.4. The summed E-state index contributed by atoms with van der Waals surface area (Å²) in [4.78, 5) is 27.9. The molecule has 1 aromatic carbocycles. The van der Waals surface area contributed by atoms with Crippen molar-refractivity contribution in [3.63, 3.8) is 0 Å². The van der Waals surface area contributed by atoms with Gasteiger partial charge in [-0.15, -0.1) is 11.8 Å². The monoisotopic (exact) mass is 389 g/mol. The Bertz CT molecular complexity index is 628. The fourth-order valence-corrected chi connectivity index (χ4v) is 5.47. The maximum atomic E-state index is 13.3. The molecule has 2 atom stereocenters. The van der Waals surface area contributed by atoms with Crippen LogP contribution in [0.25, 0.3) is 0 Å². The van der Waals surface area contributed by atoms with Crippen LogP contribution in [0, 0.1) is 5.92 Å². The predicted octanol–water partition coefficient (Wildman–Crippen LogP) is 4.42. The van der Waals surface area contributed by atoms with E-state index < -0.39 is 6.04 Å². The smallest absolute Gasteiger partial charge is 0.330 e. The first-order valence-electron chi connectivity index (χ1n) is 10.2. The SMILES string of the molecule is CC(C)OC(=O)C1CSC(CCc2ccccc2)N1C(=O)C1CCCCC1. The number of hydrogen-bond acceptors (Lipinski definition) is 4. The van der Waals surface area contributed by atoms with Crippen molar-refractivity contribution in [3.05, 3.63) is 35.9 Å². The molecule has 2 unspecified atom stereocenters. The normalized spacial score (nSPS) is 23.6. The largest absolute Gasteiger partial charge is 0.461 e. The maximum Gasteiger partial charge on any atom is 0.330 e. The van der Waals surface area contributed by atoms with Gasteiger partial charge in [0.25, 0.3) is 0 Å². The van der Waals surface area contributed by atoms with E-state index in [1.807, 2.05) is 36.9 Å². The van der Waals surface area contributed by atoms with E-state index >= 15 is 0 Å². The van der Waals surface area contributed by atoms with Crippen molar-refractivity contribution in [3.8, 4) is 0 Å². The predicted molar refractivity (Wildman–Crippen MR) is 109 cm³/mol. The van der Waals surface area contributed by atoms with Crippen molar-refractivity contribution in [2.24, 2.45) is 5.92 Å². The molecule has 1 saturated heterocycles. The van der Waals surface area contributed by atoms with Gasteiger partial charge >= 0.3 is 5.97 Å². The van der Waals surface area contributed by atoms with Crippen LogP contribution in [0.15, 0.2) is 30.3 Å². The van der Waals surface area contributed by atoms with Crippen LogP contribution in [0.2, 0.25) is 0 Å². The zero-order valence-corrected chi connectivity index (χ0v) is 17.2. The lowest BCUT2D eigenvalue weighted by Crippen LogP contribution is -2.49. The Kier molecular flexibility index (Phi) is 7.22. The van der Waals surface area contributed by atoms with Crippen LogP contribution < -0.4 is 0 Å². The Morgan fingerprint density at radius 2 is 1.85 bits per heavy atom. The molecule has 5 heteroatoms. The summed E-state index contributed by atoms with van der Waals surface area (Å²) in [6, 6.07) is 9.92. The average molecular weight is 390 g/mol. The standard InChI is InChI=1S/C22H31NO3S/c1-16(2)26-22(25)19-15-27-20(14-13-17-9-5-3-6-10-17)23(19)21(24)18-11-7-4-8-12-18/h3,5-6,9-10,16,18-20H,4,7-8,11-15H2,1-2H3.